The molecule has 38 heavy (non-hydrogen) atoms. The first-order chi connectivity index (χ1) is 17.9. The molecular weight excluding hydrogens is 526 g/mol. The van der Waals surface area contributed by atoms with Gasteiger partial charge in [0.2, 0.25) is 0 Å². The maximum absolute atomic E-state index is 13.7. The van der Waals surface area contributed by atoms with Crippen LogP contribution in [0.3, 0.4) is 0 Å². The summed E-state index contributed by atoms with van der Waals surface area (Å²) in [6.07, 6.45) is -1.17. The van der Waals surface area contributed by atoms with Gasteiger partial charge in [-0.1, -0.05) is 0 Å². The van der Waals surface area contributed by atoms with E-state index in [1.165, 1.54) is 38.7 Å². The molecule has 12 heteroatoms. The molecule has 0 atom stereocenters. The van der Waals surface area contributed by atoms with Gasteiger partial charge in [-0.3, -0.25) is 9.78 Å². The third-order valence-corrected chi connectivity index (χ3v) is 8.06. The highest BCUT2D eigenvalue weighted by Crippen LogP contribution is 2.37. The number of rotatable bonds is 8. The summed E-state index contributed by atoms with van der Waals surface area (Å²) in [5.41, 5.74) is -0.676. The van der Waals surface area contributed by atoms with Crippen molar-refractivity contribution < 1.29 is 35.5 Å². The molecular formula is C26H25F4N3O4S. The molecule has 1 saturated heterocycles. The number of aromatic nitrogens is 1. The Morgan fingerprint density at radius 2 is 1.84 bits per heavy atom. The number of likely N-dealkylation sites (tertiary alicyclic amines) is 1. The van der Waals surface area contributed by atoms with Gasteiger partial charge in [0.15, 0.2) is 9.84 Å². The Balaban J connectivity index is 1.74. The Morgan fingerprint density at radius 1 is 1.11 bits per heavy atom. The van der Waals surface area contributed by atoms with Crippen LogP contribution in [0.2, 0.25) is 0 Å². The molecule has 0 radical (unpaired) electrons. The van der Waals surface area contributed by atoms with Crippen molar-refractivity contribution in [2.45, 2.75) is 17.5 Å². The first kappa shape index (κ1) is 27.5. The molecule has 0 unspecified atom stereocenters. The monoisotopic (exact) mass is 551 g/mol. The number of carbonyl (C=O) groups is 1. The number of ether oxygens (including phenoxy) is 1. The number of carbonyl (C=O) groups excluding carboxylic acids is 1. The summed E-state index contributed by atoms with van der Waals surface area (Å²) >= 11 is 0. The fourth-order valence-corrected chi connectivity index (χ4v) is 5.46. The smallest absolute Gasteiger partial charge is 0.416 e. The molecule has 2 aromatic carbocycles. The van der Waals surface area contributed by atoms with E-state index in [9.17, 15) is 30.8 Å². The highest BCUT2D eigenvalue weighted by molar-refractivity contribution is 7.91. The lowest BCUT2D eigenvalue weighted by Gasteiger charge is -2.30. The Bertz CT molecular complexity index is 1460. The predicted molar refractivity (Wildman–Crippen MR) is 133 cm³/mol. The van der Waals surface area contributed by atoms with Gasteiger partial charge in [0.05, 0.1) is 35.2 Å². The third-order valence-electron chi connectivity index (χ3n) is 6.38. The highest BCUT2D eigenvalue weighted by atomic mass is 32.2. The van der Waals surface area contributed by atoms with E-state index in [0.29, 0.717) is 23.3 Å². The Kier molecular flexibility index (Phi) is 7.75. The van der Waals surface area contributed by atoms with Crippen LogP contribution in [0.15, 0.2) is 59.8 Å². The molecule has 1 fully saturated rings. The second-order valence-corrected chi connectivity index (χ2v) is 11.0. The van der Waals surface area contributed by atoms with Gasteiger partial charge >= 0.3 is 6.18 Å². The molecule has 0 N–H and O–H groups in total. The lowest BCUT2D eigenvalue weighted by molar-refractivity contribution is -0.137. The largest absolute Gasteiger partial charge is 0.496 e. The topological polar surface area (TPSA) is 79.8 Å². The number of amides is 1. The van der Waals surface area contributed by atoms with Gasteiger partial charge in [-0.25, -0.2) is 12.8 Å². The Morgan fingerprint density at radius 3 is 2.47 bits per heavy atom. The van der Waals surface area contributed by atoms with E-state index in [4.69, 9.17) is 4.74 Å². The van der Waals surface area contributed by atoms with E-state index in [2.05, 4.69) is 4.98 Å². The standard InChI is InChI=1S/C26H25F4N3O4S/c1-32(23-16-31-7-6-21(23)22-5-4-19(27)15-24(22)37-2)25(34)17-12-18(26(28,29)30)14-20(13-17)38(35,36)11-10-33-8-3-9-33/h4-7,12-16H,3,8-11H2,1-2H3. The number of alkyl halides is 3. The number of methoxy groups -OCH3 is 1. The number of benzene rings is 2. The molecule has 1 aliphatic heterocycles. The van der Waals surface area contributed by atoms with Crippen LogP contribution >= 0.6 is 0 Å². The van der Waals surface area contributed by atoms with Gasteiger partial charge in [0.25, 0.3) is 5.91 Å². The number of halogens is 4. The average molecular weight is 552 g/mol. The zero-order valence-electron chi connectivity index (χ0n) is 20.6. The number of hydrogen-bond acceptors (Lipinski definition) is 6. The lowest BCUT2D eigenvalue weighted by Crippen LogP contribution is -2.40. The lowest BCUT2D eigenvalue weighted by atomic mass is 10.0. The summed E-state index contributed by atoms with van der Waals surface area (Å²) in [7, 11) is -1.42. The number of sulfone groups is 1. The van der Waals surface area contributed by atoms with Gasteiger partial charge < -0.3 is 14.5 Å². The van der Waals surface area contributed by atoms with Crippen molar-refractivity contribution >= 4 is 21.4 Å². The van der Waals surface area contributed by atoms with Crippen molar-refractivity contribution in [2.75, 3.05) is 44.4 Å². The van der Waals surface area contributed by atoms with Crippen molar-refractivity contribution in [3.63, 3.8) is 0 Å². The van der Waals surface area contributed by atoms with Crippen LogP contribution in [0.25, 0.3) is 11.1 Å². The molecule has 4 rings (SSSR count). The van der Waals surface area contributed by atoms with Crippen LogP contribution < -0.4 is 9.64 Å². The van der Waals surface area contributed by atoms with Gasteiger partial charge in [0.1, 0.15) is 11.6 Å². The summed E-state index contributed by atoms with van der Waals surface area (Å²) in [5.74, 6) is -1.62. The molecule has 1 aliphatic rings. The van der Waals surface area contributed by atoms with E-state index < -0.39 is 43.8 Å². The summed E-state index contributed by atoms with van der Waals surface area (Å²) < 4.78 is 86.0. The van der Waals surface area contributed by atoms with Crippen molar-refractivity contribution in [1.82, 2.24) is 9.88 Å². The van der Waals surface area contributed by atoms with Gasteiger partial charge in [-0.15, -0.1) is 0 Å². The average Bonchev–Trinajstić information content (AvgIpc) is 2.86. The van der Waals surface area contributed by atoms with Gasteiger partial charge in [-0.2, -0.15) is 13.2 Å². The van der Waals surface area contributed by atoms with E-state index in [1.807, 2.05) is 4.90 Å². The maximum atomic E-state index is 13.7. The molecule has 0 saturated carbocycles. The minimum atomic E-state index is -4.88. The molecule has 2 heterocycles. The minimum absolute atomic E-state index is 0.174. The van der Waals surface area contributed by atoms with Crippen LogP contribution in [0.4, 0.5) is 23.2 Å². The van der Waals surface area contributed by atoms with E-state index >= 15 is 0 Å². The minimum Gasteiger partial charge on any atom is -0.496 e. The van der Waals surface area contributed by atoms with Crippen LogP contribution in [0.5, 0.6) is 5.75 Å². The van der Waals surface area contributed by atoms with Crippen molar-refractivity contribution in [1.29, 1.82) is 0 Å². The molecule has 0 bridgehead atoms. The first-order valence-electron chi connectivity index (χ1n) is 11.6. The predicted octanol–water partition coefficient (Wildman–Crippen LogP) is 4.67. The molecule has 0 aliphatic carbocycles. The number of hydrogen-bond donors (Lipinski definition) is 0. The summed E-state index contributed by atoms with van der Waals surface area (Å²) in [5, 5.41) is 0. The second-order valence-electron chi connectivity index (χ2n) is 8.86. The van der Waals surface area contributed by atoms with Crippen molar-refractivity contribution in [3.8, 4) is 16.9 Å². The van der Waals surface area contributed by atoms with Crippen molar-refractivity contribution in [3.05, 3.63) is 71.8 Å². The van der Waals surface area contributed by atoms with Gasteiger partial charge in [-0.05, 0) is 55.9 Å². The Hall–Kier alpha value is -3.51. The van der Waals surface area contributed by atoms with Crippen molar-refractivity contribution in [2.24, 2.45) is 0 Å². The SMILES string of the molecule is COc1cc(F)ccc1-c1ccncc1N(C)C(=O)c1cc(C(F)(F)F)cc(S(=O)(=O)CCN2CCC2)c1. The van der Waals surface area contributed by atoms with E-state index in [1.54, 1.807) is 6.07 Å². The summed E-state index contributed by atoms with van der Waals surface area (Å²) in [6, 6.07) is 7.50. The van der Waals surface area contributed by atoms with E-state index in [0.717, 1.165) is 36.5 Å². The molecule has 1 amide bonds. The zero-order valence-corrected chi connectivity index (χ0v) is 21.4. The third kappa shape index (κ3) is 5.81. The summed E-state index contributed by atoms with van der Waals surface area (Å²) in [6.45, 7) is 1.66. The number of anilines is 1. The van der Waals surface area contributed by atoms with E-state index in [-0.39, 0.29) is 23.7 Å². The maximum Gasteiger partial charge on any atom is 0.416 e. The molecule has 7 nitrogen and oxygen atoms in total. The fourth-order valence-electron chi connectivity index (χ4n) is 4.11. The summed E-state index contributed by atoms with van der Waals surface area (Å²) in [4.78, 5) is 19.9. The highest BCUT2D eigenvalue weighted by Gasteiger charge is 2.34. The van der Waals surface area contributed by atoms with Gasteiger partial charge in [0, 0.05) is 42.5 Å². The Labute approximate surface area is 217 Å². The quantitative estimate of drug-likeness (QED) is 0.379. The van der Waals surface area contributed by atoms with Crippen LogP contribution in [0.1, 0.15) is 22.3 Å². The van der Waals surface area contributed by atoms with Crippen LogP contribution in [0, 0.1) is 5.82 Å². The normalized spacial score (nSPS) is 14.2. The number of nitrogens with zero attached hydrogens (tertiary/aromatic N) is 3. The number of pyridine rings is 1. The second kappa shape index (κ2) is 10.7. The molecule has 1 aromatic heterocycles. The molecule has 0 spiro atoms. The molecule has 3 aromatic rings. The van der Waals surface area contributed by atoms with Crippen LogP contribution in [-0.4, -0.2) is 63.8 Å². The fraction of sp³-hybridized carbons (Fsp3) is 0.308. The molecule has 202 valence electrons. The first-order valence-corrected chi connectivity index (χ1v) is 13.3. The zero-order chi connectivity index (χ0) is 27.7. The van der Waals surface area contributed by atoms with Crippen LogP contribution in [-0.2, 0) is 16.0 Å².